The molecule has 1 aromatic heterocycles. The van der Waals surface area contributed by atoms with Gasteiger partial charge < -0.3 is 5.11 Å². The number of benzene rings is 2. The quantitative estimate of drug-likeness (QED) is 0.707. The number of halogens is 3. The number of thiazole rings is 1. The highest BCUT2D eigenvalue weighted by Gasteiger charge is 2.31. The number of carbonyl (C=O) groups is 1. The molecule has 1 N–H and O–H groups in total. The molecule has 0 aliphatic carbocycles. The summed E-state index contributed by atoms with van der Waals surface area (Å²) in [6, 6.07) is 13.5. The maximum absolute atomic E-state index is 12.9. The van der Waals surface area contributed by atoms with Crippen molar-refractivity contribution in [3.8, 4) is 21.0 Å². The molecule has 3 aromatic rings. The van der Waals surface area contributed by atoms with Gasteiger partial charge in [0.05, 0.1) is 10.4 Å². The highest BCUT2D eigenvalue weighted by molar-refractivity contribution is 7.18. The van der Waals surface area contributed by atoms with Crippen LogP contribution in [0.1, 0.15) is 16.1 Å². The molecule has 0 spiro atoms. The van der Waals surface area contributed by atoms with Crippen molar-refractivity contribution in [1.29, 1.82) is 0 Å². The van der Waals surface area contributed by atoms with Crippen molar-refractivity contribution < 1.29 is 23.1 Å². The number of carboxylic acids is 1. The molecule has 0 amide bonds. The van der Waals surface area contributed by atoms with E-state index in [0.717, 1.165) is 23.5 Å². The summed E-state index contributed by atoms with van der Waals surface area (Å²) < 4.78 is 38.6. The van der Waals surface area contributed by atoms with Crippen molar-refractivity contribution >= 4 is 17.3 Å². The van der Waals surface area contributed by atoms with Gasteiger partial charge in [-0.2, -0.15) is 13.2 Å². The molecule has 0 saturated heterocycles. The van der Waals surface area contributed by atoms with Gasteiger partial charge in [-0.25, -0.2) is 9.78 Å². The molecule has 0 fully saturated rings. The molecule has 1 heterocycles. The molecule has 0 aliphatic rings. The number of rotatable bonds is 3. The van der Waals surface area contributed by atoms with Crippen LogP contribution in [0.3, 0.4) is 0 Å². The van der Waals surface area contributed by atoms with E-state index in [-0.39, 0.29) is 16.3 Å². The Morgan fingerprint density at radius 3 is 2.29 bits per heavy atom. The molecule has 3 rings (SSSR count). The molecule has 0 unspecified atom stereocenters. The Kier molecular flexibility index (Phi) is 4.11. The van der Waals surface area contributed by atoms with Crippen LogP contribution in [0.15, 0.2) is 54.6 Å². The fraction of sp³-hybridized carbons (Fsp3) is 0.0588. The van der Waals surface area contributed by atoms with Gasteiger partial charge in [0, 0.05) is 5.56 Å². The van der Waals surface area contributed by atoms with Gasteiger partial charge in [-0.15, -0.1) is 11.3 Å². The number of alkyl halides is 3. The Hall–Kier alpha value is -2.67. The number of nitrogens with zero attached hydrogens (tertiary/aromatic N) is 1. The summed E-state index contributed by atoms with van der Waals surface area (Å²) in [5.41, 5.74) is -0.0721. The molecule has 24 heavy (non-hydrogen) atoms. The third-order valence-corrected chi connectivity index (χ3v) is 4.46. The normalized spacial score (nSPS) is 11.5. The van der Waals surface area contributed by atoms with Crippen molar-refractivity contribution in [2.75, 3.05) is 0 Å². The first kappa shape index (κ1) is 16.2. The zero-order chi connectivity index (χ0) is 17.3. The van der Waals surface area contributed by atoms with E-state index in [2.05, 4.69) is 4.98 Å². The van der Waals surface area contributed by atoms with Gasteiger partial charge >= 0.3 is 12.1 Å². The Labute approximate surface area is 139 Å². The van der Waals surface area contributed by atoms with Gasteiger partial charge in [0.15, 0.2) is 5.69 Å². The van der Waals surface area contributed by atoms with Gasteiger partial charge in [-0.1, -0.05) is 42.5 Å². The van der Waals surface area contributed by atoms with Crippen LogP contribution < -0.4 is 0 Å². The first-order chi connectivity index (χ1) is 11.4. The molecule has 0 radical (unpaired) electrons. The van der Waals surface area contributed by atoms with Crippen LogP contribution in [-0.2, 0) is 6.18 Å². The first-order valence-corrected chi connectivity index (χ1v) is 7.65. The molecule has 0 aliphatic heterocycles. The Morgan fingerprint density at radius 1 is 1.00 bits per heavy atom. The van der Waals surface area contributed by atoms with E-state index < -0.39 is 17.7 Å². The van der Waals surface area contributed by atoms with Crippen LogP contribution in [0.5, 0.6) is 0 Å². The Balaban J connectivity index is 2.12. The first-order valence-electron chi connectivity index (χ1n) is 6.83. The zero-order valence-electron chi connectivity index (χ0n) is 12.0. The largest absolute Gasteiger partial charge is 0.476 e. The van der Waals surface area contributed by atoms with E-state index in [4.69, 9.17) is 0 Å². The third-order valence-electron chi connectivity index (χ3n) is 3.30. The number of hydrogen-bond donors (Lipinski definition) is 1. The summed E-state index contributed by atoms with van der Waals surface area (Å²) in [5.74, 6) is -1.22. The summed E-state index contributed by atoms with van der Waals surface area (Å²) in [7, 11) is 0. The van der Waals surface area contributed by atoms with Crippen molar-refractivity contribution in [3.63, 3.8) is 0 Å². The molecule has 2 aromatic carbocycles. The second-order valence-corrected chi connectivity index (χ2v) is 5.95. The highest BCUT2D eigenvalue weighted by Crippen LogP contribution is 2.37. The summed E-state index contributed by atoms with van der Waals surface area (Å²) in [6.07, 6.45) is -4.47. The molecule has 0 bridgehead atoms. The minimum atomic E-state index is -4.47. The summed E-state index contributed by atoms with van der Waals surface area (Å²) >= 11 is 1.05. The molecule has 3 nitrogen and oxygen atoms in total. The van der Waals surface area contributed by atoms with E-state index in [1.807, 2.05) is 0 Å². The second-order valence-electron chi connectivity index (χ2n) is 4.95. The summed E-state index contributed by atoms with van der Waals surface area (Å²) in [6.45, 7) is 0. The molecule has 0 saturated carbocycles. The second kappa shape index (κ2) is 6.09. The average Bonchev–Trinajstić information content (AvgIpc) is 3.01. The number of carboxylic acid groups (broad SMARTS) is 1. The van der Waals surface area contributed by atoms with E-state index in [1.54, 1.807) is 30.3 Å². The minimum absolute atomic E-state index is 0.168. The lowest BCUT2D eigenvalue weighted by Crippen LogP contribution is -2.04. The lowest BCUT2D eigenvalue weighted by atomic mass is 10.1. The Bertz CT molecular complexity index is 888. The summed E-state index contributed by atoms with van der Waals surface area (Å²) in [4.78, 5) is 15.9. The predicted octanol–water partition coefficient (Wildman–Crippen LogP) is 5.19. The lowest BCUT2D eigenvalue weighted by molar-refractivity contribution is -0.137. The molecule has 122 valence electrons. The van der Waals surface area contributed by atoms with Crippen molar-refractivity contribution in [2.24, 2.45) is 0 Å². The lowest BCUT2D eigenvalue weighted by Gasteiger charge is -2.07. The fourth-order valence-corrected chi connectivity index (χ4v) is 3.26. The highest BCUT2D eigenvalue weighted by atomic mass is 32.1. The third kappa shape index (κ3) is 3.16. The van der Waals surface area contributed by atoms with Gasteiger partial charge in [-0.05, 0) is 17.7 Å². The van der Waals surface area contributed by atoms with Gasteiger partial charge in [0.25, 0.3) is 0 Å². The number of aromatic nitrogens is 1. The molecule has 7 heteroatoms. The zero-order valence-corrected chi connectivity index (χ0v) is 12.9. The van der Waals surface area contributed by atoms with Crippen LogP contribution in [0.25, 0.3) is 21.0 Å². The van der Waals surface area contributed by atoms with Crippen molar-refractivity contribution in [1.82, 2.24) is 4.98 Å². The van der Waals surface area contributed by atoms with Gasteiger partial charge in [0.1, 0.15) is 5.01 Å². The standard InChI is InChI=1S/C17H10F3NO2S/c18-17(19,20)12-8-4-7-11(9-12)15-21-13(16(22)23)14(24-15)10-5-2-1-3-6-10/h1-9H,(H,22,23). The van der Waals surface area contributed by atoms with E-state index in [1.165, 1.54) is 12.1 Å². The SMILES string of the molecule is O=C(O)c1nc(-c2cccc(C(F)(F)F)c2)sc1-c1ccccc1. The maximum Gasteiger partial charge on any atom is 0.416 e. The van der Waals surface area contributed by atoms with E-state index >= 15 is 0 Å². The molecule has 0 atom stereocenters. The van der Waals surface area contributed by atoms with Gasteiger partial charge in [-0.3, -0.25) is 0 Å². The predicted molar refractivity (Wildman–Crippen MR) is 84.9 cm³/mol. The monoisotopic (exact) mass is 349 g/mol. The van der Waals surface area contributed by atoms with Crippen LogP contribution in [-0.4, -0.2) is 16.1 Å². The average molecular weight is 349 g/mol. The number of hydrogen-bond acceptors (Lipinski definition) is 3. The topological polar surface area (TPSA) is 50.2 Å². The maximum atomic E-state index is 12.9. The van der Waals surface area contributed by atoms with Crippen LogP contribution >= 0.6 is 11.3 Å². The number of aromatic carboxylic acids is 1. The van der Waals surface area contributed by atoms with Crippen molar-refractivity contribution in [2.45, 2.75) is 6.18 Å². The van der Waals surface area contributed by atoms with E-state index in [0.29, 0.717) is 10.4 Å². The molecular formula is C17H10F3NO2S. The summed E-state index contributed by atoms with van der Waals surface area (Å²) in [5, 5.41) is 9.57. The Morgan fingerprint density at radius 2 is 1.67 bits per heavy atom. The van der Waals surface area contributed by atoms with Crippen molar-refractivity contribution in [3.05, 3.63) is 65.9 Å². The molecular weight excluding hydrogens is 339 g/mol. The van der Waals surface area contributed by atoms with Crippen LogP contribution in [0.2, 0.25) is 0 Å². The van der Waals surface area contributed by atoms with E-state index in [9.17, 15) is 23.1 Å². The smallest absolute Gasteiger partial charge is 0.416 e. The van der Waals surface area contributed by atoms with Crippen LogP contribution in [0, 0.1) is 0 Å². The van der Waals surface area contributed by atoms with Crippen LogP contribution in [0.4, 0.5) is 13.2 Å². The van der Waals surface area contributed by atoms with Gasteiger partial charge in [0.2, 0.25) is 0 Å². The fourth-order valence-electron chi connectivity index (χ4n) is 2.20. The minimum Gasteiger partial charge on any atom is -0.476 e.